The van der Waals surface area contributed by atoms with Gasteiger partial charge in [0.2, 0.25) is 0 Å². The molecule has 3 nitrogen and oxygen atoms in total. The summed E-state index contributed by atoms with van der Waals surface area (Å²) in [6.07, 6.45) is 0. The molecule has 94 valence electrons. The molecule has 0 saturated heterocycles. The highest BCUT2D eigenvalue weighted by atomic mass is 32.2. The van der Waals surface area contributed by atoms with Crippen molar-refractivity contribution >= 4 is 11.8 Å². The minimum absolute atomic E-state index is 0.464. The first-order valence-electron chi connectivity index (χ1n) is 5.90. The van der Waals surface area contributed by atoms with E-state index in [1.165, 1.54) is 10.5 Å². The van der Waals surface area contributed by atoms with Crippen molar-refractivity contribution in [3.05, 3.63) is 53.1 Å². The third-order valence-corrected chi connectivity index (χ3v) is 3.51. The first-order valence-corrected chi connectivity index (χ1v) is 6.89. The molecule has 2 aromatic rings. The number of aryl methyl sites for hydroxylation is 2. The molecule has 4 heteroatoms. The van der Waals surface area contributed by atoms with Crippen LogP contribution in [0.2, 0.25) is 0 Å². The minimum Gasteiger partial charge on any atom is -0.325 e. The molecule has 1 aromatic carbocycles. The molecule has 18 heavy (non-hydrogen) atoms. The van der Waals surface area contributed by atoms with Gasteiger partial charge in [-0.1, -0.05) is 17.7 Å². The smallest absolute Gasteiger partial charge is 0.139 e. The molecule has 0 aliphatic heterocycles. The number of benzene rings is 1. The van der Waals surface area contributed by atoms with Gasteiger partial charge in [-0.15, -0.1) is 11.8 Å². The summed E-state index contributed by atoms with van der Waals surface area (Å²) in [4.78, 5) is 10.1. The Hall–Kier alpha value is -1.39. The Balaban J connectivity index is 2.08. The van der Waals surface area contributed by atoms with E-state index in [2.05, 4.69) is 41.2 Å². The third kappa shape index (κ3) is 3.55. The predicted molar refractivity (Wildman–Crippen MR) is 75.4 cm³/mol. The minimum atomic E-state index is 0.464. The van der Waals surface area contributed by atoms with Gasteiger partial charge in [0.25, 0.3) is 0 Å². The number of aromatic nitrogens is 2. The molecule has 0 aliphatic rings. The highest BCUT2D eigenvalue weighted by Crippen LogP contribution is 2.22. The Morgan fingerprint density at radius 3 is 2.72 bits per heavy atom. The molecule has 0 bridgehead atoms. The molecule has 2 rings (SSSR count). The van der Waals surface area contributed by atoms with Crippen LogP contribution < -0.4 is 5.73 Å². The van der Waals surface area contributed by atoms with Crippen LogP contribution in [0.4, 0.5) is 0 Å². The Labute approximate surface area is 112 Å². The van der Waals surface area contributed by atoms with E-state index in [1.54, 1.807) is 11.8 Å². The Kier molecular flexibility index (Phi) is 4.33. The summed E-state index contributed by atoms with van der Waals surface area (Å²) < 4.78 is 0. The van der Waals surface area contributed by atoms with Crippen LogP contribution >= 0.6 is 11.8 Å². The second-order valence-corrected chi connectivity index (χ2v) is 5.27. The maximum Gasteiger partial charge on any atom is 0.139 e. The fraction of sp³-hybridized carbons (Fsp3) is 0.286. The van der Waals surface area contributed by atoms with Crippen LogP contribution in [0.3, 0.4) is 0 Å². The zero-order valence-electron chi connectivity index (χ0n) is 10.7. The van der Waals surface area contributed by atoms with Crippen molar-refractivity contribution in [3.8, 4) is 0 Å². The number of rotatable bonds is 4. The van der Waals surface area contributed by atoms with Gasteiger partial charge in [0, 0.05) is 17.1 Å². The van der Waals surface area contributed by atoms with Crippen LogP contribution in [0.1, 0.15) is 22.8 Å². The summed E-state index contributed by atoms with van der Waals surface area (Å²) in [6.45, 7) is 4.53. The lowest BCUT2D eigenvalue weighted by Crippen LogP contribution is -2.05. The topological polar surface area (TPSA) is 51.8 Å². The largest absolute Gasteiger partial charge is 0.325 e. The van der Waals surface area contributed by atoms with E-state index in [4.69, 9.17) is 5.73 Å². The number of hydrogen-bond donors (Lipinski definition) is 1. The molecule has 0 saturated carbocycles. The van der Waals surface area contributed by atoms with Crippen molar-refractivity contribution in [1.29, 1.82) is 0 Å². The second-order valence-electron chi connectivity index (χ2n) is 4.23. The maximum atomic E-state index is 5.62. The highest BCUT2D eigenvalue weighted by Gasteiger charge is 2.02. The highest BCUT2D eigenvalue weighted by molar-refractivity contribution is 7.98. The summed E-state index contributed by atoms with van der Waals surface area (Å²) >= 11 is 1.75. The van der Waals surface area contributed by atoms with Crippen LogP contribution in [-0.2, 0) is 12.3 Å². The van der Waals surface area contributed by atoms with Crippen LogP contribution in [0.5, 0.6) is 0 Å². The monoisotopic (exact) mass is 259 g/mol. The van der Waals surface area contributed by atoms with E-state index in [9.17, 15) is 0 Å². The molecule has 0 unspecified atom stereocenters. The van der Waals surface area contributed by atoms with Gasteiger partial charge in [0.15, 0.2) is 0 Å². The second kappa shape index (κ2) is 5.98. The molecule has 0 fully saturated rings. The average molecular weight is 259 g/mol. The van der Waals surface area contributed by atoms with Gasteiger partial charge in [-0.2, -0.15) is 0 Å². The number of thioether (sulfide) groups is 1. The number of nitrogens with zero attached hydrogens (tertiary/aromatic N) is 2. The Morgan fingerprint density at radius 2 is 2.00 bits per heavy atom. The van der Waals surface area contributed by atoms with E-state index < -0.39 is 0 Å². The lowest BCUT2D eigenvalue weighted by Gasteiger charge is -2.05. The van der Waals surface area contributed by atoms with Gasteiger partial charge in [0.05, 0.1) is 11.4 Å². The van der Waals surface area contributed by atoms with Gasteiger partial charge >= 0.3 is 0 Å². The van der Waals surface area contributed by atoms with E-state index in [1.807, 2.05) is 13.0 Å². The van der Waals surface area contributed by atoms with Crippen LogP contribution in [0, 0.1) is 13.8 Å². The normalized spacial score (nSPS) is 10.6. The SMILES string of the molecule is Cc1cccc(SCc2nc(C)cc(CN)n2)c1. The number of nitrogens with two attached hydrogens (primary N) is 1. The molecule has 1 aromatic heterocycles. The van der Waals surface area contributed by atoms with Crippen molar-refractivity contribution in [2.45, 2.75) is 31.0 Å². The fourth-order valence-corrected chi connectivity index (χ4v) is 2.59. The summed E-state index contributed by atoms with van der Waals surface area (Å²) in [5, 5.41) is 0. The van der Waals surface area contributed by atoms with Crippen LogP contribution in [-0.4, -0.2) is 9.97 Å². The third-order valence-electron chi connectivity index (χ3n) is 2.52. The standard InChI is InChI=1S/C14H17N3S/c1-10-4-3-5-13(6-10)18-9-14-16-11(2)7-12(8-15)17-14/h3-7H,8-9,15H2,1-2H3. The zero-order chi connectivity index (χ0) is 13.0. The predicted octanol–water partition coefficient (Wildman–Crippen LogP) is 2.84. The van der Waals surface area contributed by atoms with Gasteiger partial charge in [0.1, 0.15) is 5.82 Å². The van der Waals surface area contributed by atoms with E-state index >= 15 is 0 Å². The van der Waals surface area contributed by atoms with Crippen molar-refractivity contribution in [2.75, 3.05) is 0 Å². The Morgan fingerprint density at radius 1 is 1.17 bits per heavy atom. The molecular weight excluding hydrogens is 242 g/mol. The van der Waals surface area contributed by atoms with Crippen molar-refractivity contribution < 1.29 is 0 Å². The first-order chi connectivity index (χ1) is 8.67. The molecular formula is C14H17N3S. The lowest BCUT2D eigenvalue weighted by molar-refractivity contribution is 0.900. The van der Waals surface area contributed by atoms with Gasteiger partial charge < -0.3 is 5.73 Å². The Bertz CT molecular complexity index is 540. The van der Waals surface area contributed by atoms with Crippen molar-refractivity contribution in [2.24, 2.45) is 5.73 Å². The van der Waals surface area contributed by atoms with E-state index in [0.29, 0.717) is 6.54 Å². The van der Waals surface area contributed by atoms with Gasteiger partial charge in [-0.3, -0.25) is 0 Å². The summed E-state index contributed by atoms with van der Waals surface area (Å²) in [5.41, 5.74) is 8.77. The van der Waals surface area contributed by atoms with Crippen LogP contribution in [0.25, 0.3) is 0 Å². The van der Waals surface area contributed by atoms with Crippen molar-refractivity contribution in [1.82, 2.24) is 9.97 Å². The molecule has 0 aliphatic carbocycles. The number of hydrogen-bond acceptors (Lipinski definition) is 4. The van der Waals surface area contributed by atoms with E-state index in [0.717, 1.165) is 23.0 Å². The van der Waals surface area contributed by atoms with Gasteiger partial charge in [-0.25, -0.2) is 9.97 Å². The lowest BCUT2D eigenvalue weighted by atomic mass is 10.2. The molecule has 0 radical (unpaired) electrons. The molecule has 1 heterocycles. The first kappa shape index (κ1) is 13.1. The molecule has 0 amide bonds. The molecule has 0 spiro atoms. The summed E-state index contributed by atoms with van der Waals surface area (Å²) in [5.74, 6) is 1.62. The quantitative estimate of drug-likeness (QED) is 0.858. The average Bonchev–Trinajstić information content (AvgIpc) is 2.36. The van der Waals surface area contributed by atoms with Gasteiger partial charge in [-0.05, 0) is 32.0 Å². The molecule has 2 N–H and O–H groups in total. The van der Waals surface area contributed by atoms with E-state index in [-0.39, 0.29) is 0 Å². The summed E-state index contributed by atoms with van der Waals surface area (Å²) in [6, 6.07) is 10.4. The summed E-state index contributed by atoms with van der Waals surface area (Å²) in [7, 11) is 0. The maximum absolute atomic E-state index is 5.62. The van der Waals surface area contributed by atoms with Crippen molar-refractivity contribution in [3.63, 3.8) is 0 Å². The van der Waals surface area contributed by atoms with Crippen LogP contribution in [0.15, 0.2) is 35.2 Å². The zero-order valence-corrected chi connectivity index (χ0v) is 11.5. The molecule has 0 atom stereocenters. The fourth-order valence-electron chi connectivity index (χ4n) is 1.72.